The van der Waals surface area contributed by atoms with E-state index in [-0.39, 0.29) is 6.61 Å². The molecule has 2 saturated heterocycles. The Labute approximate surface area is 115 Å². The van der Waals surface area contributed by atoms with Crippen molar-refractivity contribution in [2.75, 3.05) is 24.5 Å². The van der Waals surface area contributed by atoms with Gasteiger partial charge in [-0.15, -0.1) is 0 Å². The fraction of sp³-hybridized carbons (Fsp3) is 0.667. The van der Waals surface area contributed by atoms with E-state index in [1.165, 1.54) is 19.4 Å². The fourth-order valence-electron chi connectivity index (χ4n) is 3.41. The summed E-state index contributed by atoms with van der Waals surface area (Å²) >= 11 is 0. The van der Waals surface area contributed by atoms with Gasteiger partial charge in [-0.2, -0.15) is 0 Å². The molecule has 2 unspecified atom stereocenters. The largest absolute Gasteiger partial charge is 0.392 e. The van der Waals surface area contributed by atoms with Crippen molar-refractivity contribution in [1.29, 1.82) is 0 Å². The molecule has 4 heteroatoms. The number of aliphatic hydroxyl groups excluding tert-OH is 1. The second-order valence-corrected chi connectivity index (χ2v) is 5.86. The molecule has 0 aliphatic carbocycles. The summed E-state index contributed by atoms with van der Waals surface area (Å²) in [6, 6.07) is 5.28. The van der Waals surface area contributed by atoms with E-state index in [2.05, 4.69) is 27.8 Å². The van der Waals surface area contributed by atoms with E-state index in [0.29, 0.717) is 12.1 Å². The van der Waals surface area contributed by atoms with E-state index < -0.39 is 0 Å². The van der Waals surface area contributed by atoms with E-state index >= 15 is 0 Å². The number of anilines is 1. The van der Waals surface area contributed by atoms with Crippen LogP contribution in [0.25, 0.3) is 0 Å². The highest BCUT2D eigenvalue weighted by atomic mass is 16.3. The predicted molar refractivity (Wildman–Crippen MR) is 76.3 cm³/mol. The number of aryl methyl sites for hydroxylation is 1. The molecule has 0 saturated carbocycles. The Morgan fingerprint density at radius 1 is 1.37 bits per heavy atom. The lowest BCUT2D eigenvalue weighted by molar-refractivity contribution is 0.202. The maximum atomic E-state index is 9.23. The Kier molecular flexibility index (Phi) is 3.46. The van der Waals surface area contributed by atoms with Crippen LogP contribution in [0.3, 0.4) is 0 Å². The van der Waals surface area contributed by atoms with Crippen molar-refractivity contribution >= 4 is 5.82 Å². The zero-order chi connectivity index (χ0) is 13.4. The number of fused-ring (bicyclic) bond motifs is 1. The van der Waals surface area contributed by atoms with E-state index in [4.69, 9.17) is 0 Å². The van der Waals surface area contributed by atoms with Crippen molar-refractivity contribution in [3.63, 3.8) is 0 Å². The van der Waals surface area contributed by atoms with E-state index in [1.54, 1.807) is 0 Å². The van der Waals surface area contributed by atoms with E-state index in [0.717, 1.165) is 30.2 Å². The van der Waals surface area contributed by atoms with Gasteiger partial charge in [-0.3, -0.25) is 4.90 Å². The molecule has 4 nitrogen and oxygen atoms in total. The third-order valence-corrected chi connectivity index (χ3v) is 4.58. The Morgan fingerprint density at radius 2 is 2.21 bits per heavy atom. The fourth-order valence-corrected chi connectivity index (χ4v) is 3.41. The second-order valence-electron chi connectivity index (χ2n) is 5.86. The molecule has 2 fully saturated rings. The van der Waals surface area contributed by atoms with Gasteiger partial charge in [0.2, 0.25) is 0 Å². The van der Waals surface area contributed by atoms with Crippen LogP contribution in [-0.4, -0.2) is 46.7 Å². The first-order valence-electron chi connectivity index (χ1n) is 7.27. The van der Waals surface area contributed by atoms with Crippen LogP contribution in [0.5, 0.6) is 0 Å². The normalized spacial score (nSPS) is 27.6. The first kappa shape index (κ1) is 12.9. The summed E-state index contributed by atoms with van der Waals surface area (Å²) in [6.07, 6.45) is 2.65. The summed E-state index contributed by atoms with van der Waals surface area (Å²) in [7, 11) is 0. The van der Waals surface area contributed by atoms with Gasteiger partial charge in [-0.05, 0) is 44.9 Å². The van der Waals surface area contributed by atoms with Crippen molar-refractivity contribution in [2.24, 2.45) is 0 Å². The molecular formula is C15H23N3O. The van der Waals surface area contributed by atoms with Crippen LogP contribution in [-0.2, 0) is 6.61 Å². The third kappa shape index (κ3) is 2.35. The lowest BCUT2D eigenvalue weighted by Gasteiger charge is -2.43. The minimum absolute atomic E-state index is 0.0745. The molecule has 104 valence electrons. The molecular weight excluding hydrogens is 238 g/mol. The van der Waals surface area contributed by atoms with Gasteiger partial charge in [-0.1, -0.05) is 6.07 Å². The minimum Gasteiger partial charge on any atom is -0.392 e. The number of nitrogens with zero attached hydrogens (tertiary/aromatic N) is 3. The molecule has 0 radical (unpaired) electrons. The molecule has 0 amide bonds. The molecule has 0 spiro atoms. The second kappa shape index (κ2) is 5.10. The number of aromatic nitrogens is 1. The van der Waals surface area contributed by atoms with Crippen LogP contribution in [0.1, 0.15) is 31.0 Å². The Balaban J connectivity index is 1.82. The number of aliphatic hydroxyl groups is 1. The van der Waals surface area contributed by atoms with Gasteiger partial charge in [0.1, 0.15) is 5.82 Å². The molecule has 0 aromatic carbocycles. The Morgan fingerprint density at radius 3 is 2.95 bits per heavy atom. The van der Waals surface area contributed by atoms with Gasteiger partial charge in [-0.25, -0.2) is 4.98 Å². The van der Waals surface area contributed by atoms with Crippen molar-refractivity contribution in [3.8, 4) is 0 Å². The molecule has 1 N–H and O–H groups in total. The van der Waals surface area contributed by atoms with Gasteiger partial charge in [0, 0.05) is 30.9 Å². The zero-order valence-electron chi connectivity index (χ0n) is 11.8. The zero-order valence-corrected chi connectivity index (χ0v) is 11.8. The predicted octanol–water partition coefficient (Wildman–Crippen LogP) is 1.56. The number of pyridine rings is 1. The van der Waals surface area contributed by atoms with Gasteiger partial charge >= 0.3 is 0 Å². The smallest absolute Gasteiger partial charge is 0.129 e. The quantitative estimate of drug-likeness (QED) is 0.877. The molecule has 0 bridgehead atoms. The lowest BCUT2D eigenvalue weighted by atomic mass is 10.1. The lowest BCUT2D eigenvalue weighted by Crippen LogP contribution is -2.55. The van der Waals surface area contributed by atoms with E-state index in [1.807, 2.05) is 13.0 Å². The average molecular weight is 261 g/mol. The molecule has 2 aliphatic heterocycles. The first-order chi connectivity index (χ1) is 9.19. The van der Waals surface area contributed by atoms with Crippen LogP contribution >= 0.6 is 0 Å². The van der Waals surface area contributed by atoms with Gasteiger partial charge < -0.3 is 10.0 Å². The Hall–Kier alpha value is -1.13. The third-order valence-electron chi connectivity index (χ3n) is 4.58. The van der Waals surface area contributed by atoms with Gasteiger partial charge in [0.15, 0.2) is 0 Å². The van der Waals surface area contributed by atoms with Crippen molar-refractivity contribution < 1.29 is 5.11 Å². The molecule has 19 heavy (non-hydrogen) atoms. The summed E-state index contributed by atoms with van der Waals surface area (Å²) in [6.45, 7) is 7.83. The van der Waals surface area contributed by atoms with Gasteiger partial charge in [0.25, 0.3) is 0 Å². The highest BCUT2D eigenvalue weighted by Crippen LogP contribution is 2.28. The SMILES string of the molecule is Cc1nc(N2CC3CCCN3CC2C)ccc1CO. The number of hydrogen-bond acceptors (Lipinski definition) is 4. The van der Waals surface area contributed by atoms with Crippen LogP contribution in [0.15, 0.2) is 12.1 Å². The standard InChI is InChI=1S/C15H23N3O/c1-11-8-17-7-3-4-14(17)9-18(11)15-6-5-13(10-19)12(2)16-15/h5-6,11,14,19H,3-4,7-10H2,1-2H3. The number of hydrogen-bond donors (Lipinski definition) is 1. The van der Waals surface area contributed by atoms with Crippen LogP contribution < -0.4 is 4.90 Å². The summed E-state index contributed by atoms with van der Waals surface area (Å²) < 4.78 is 0. The monoisotopic (exact) mass is 261 g/mol. The minimum atomic E-state index is 0.0745. The Bertz CT molecular complexity index is 463. The number of piperazine rings is 1. The number of rotatable bonds is 2. The average Bonchev–Trinajstić information content (AvgIpc) is 2.84. The van der Waals surface area contributed by atoms with Gasteiger partial charge in [0.05, 0.1) is 6.61 Å². The van der Waals surface area contributed by atoms with Crippen LogP contribution in [0, 0.1) is 6.92 Å². The topological polar surface area (TPSA) is 39.6 Å². The maximum Gasteiger partial charge on any atom is 0.129 e. The summed E-state index contributed by atoms with van der Waals surface area (Å²) in [4.78, 5) is 9.73. The molecule has 1 aromatic rings. The van der Waals surface area contributed by atoms with Crippen molar-refractivity contribution in [1.82, 2.24) is 9.88 Å². The molecule has 2 atom stereocenters. The van der Waals surface area contributed by atoms with Crippen LogP contribution in [0.4, 0.5) is 5.82 Å². The molecule has 1 aromatic heterocycles. The molecule has 2 aliphatic rings. The summed E-state index contributed by atoms with van der Waals surface area (Å²) in [5.74, 6) is 1.06. The van der Waals surface area contributed by atoms with Crippen molar-refractivity contribution in [3.05, 3.63) is 23.4 Å². The molecule has 3 heterocycles. The van der Waals surface area contributed by atoms with Crippen LogP contribution in [0.2, 0.25) is 0 Å². The van der Waals surface area contributed by atoms with Crippen molar-refractivity contribution in [2.45, 2.75) is 45.4 Å². The van der Waals surface area contributed by atoms with E-state index in [9.17, 15) is 5.11 Å². The first-order valence-corrected chi connectivity index (χ1v) is 7.27. The highest BCUT2D eigenvalue weighted by molar-refractivity contribution is 5.43. The summed E-state index contributed by atoms with van der Waals surface area (Å²) in [5.41, 5.74) is 1.87. The maximum absolute atomic E-state index is 9.23. The summed E-state index contributed by atoms with van der Waals surface area (Å²) in [5, 5.41) is 9.23. The molecule has 3 rings (SSSR count). The highest BCUT2D eigenvalue weighted by Gasteiger charge is 2.34.